The van der Waals surface area contributed by atoms with Gasteiger partial charge in [0.1, 0.15) is 4.34 Å². The number of thiazole rings is 1. The second-order valence-corrected chi connectivity index (χ2v) is 10.8. The molecule has 2 aromatic heterocycles. The minimum Gasteiger partial charge on any atom is -0.302 e. The van der Waals surface area contributed by atoms with Crippen molar-refractivity contribution in [2.24, 2.45) is 5.92 Å². The minimum absolute atomic E-state index is 0.136. The Bertz CT molecular complexity index is 886. The van der Waals surface area contributed by atoms with Gasteiger partial charge in [-0.3, -0.25) is 4.79 Å². The highest BCUT2D eigenvalue weighted by molar-refractivity contribution is 7.88. The Morgan fingerprint density at radius 3 is 2.60 bits per heavy atom. The number of carbonyl (C=O) groups is 1. The number of hydrogen-bond acceptors (Lipinski definition) is 6. The van der Waals surface area contributed by atoms with Gasteiger partial charge >= 0.3 is 0 Å². The summed E-state index contributed by atoms with van der Waals surface area (Å²) in [5, 5.41) is 5.11. The molecule has 0 aliphatic carbocycles. The van der Waals surface area contributed by atoms with E-state index in [0.29, 0.717) is 45.4 Å². The Hall–Kier alpha value is -0.710. The molecule has 1 saturated heterocycles. The van der Waals surface area contributed by atoms with Gasteiger partial charge < -0.3 is 5.32 Å². The van der Waals surface area contributed by atoms with Crippen LogP contribution in [0.2, 0.25) is 8.67 Å². The zero-order chi connectivity index (χ0) is 18.2. The summed E-state index contributed by atoms with van der Waals surface area (Å²) in [4.78, 5) is 16.8. The molecule has 136 valence electrons. The molecule has 6 nitrogen and oxygen atoms in total. The number of carbonyl (C=O) groups excluding carboxylic acids is 1. The standard InChI is InChI=1S/C14H15Cl2N3O3S3/c1-25(21,22)19-4-2-8(3-5-19)13(20)18-14-17-10(7-23-14)9-6-11(15)24-12(9)16/h6-8H,2-5H2,1H3,(H,17,18,20). The third-order valence-electron chi connectivity index (χ3n) is 3.96. The Labute approximate surface area is 163 Å². The van der Waals surface area contributed by atoms with E-state index >= 15 is 0 Å². The first-order chi connectivity index (χ1) is 11.7. The molecule has 0 atom stereocenters. The van der Waals surface area contributed by atoms with Crippen LogP contribution in [0, 0.1) is 5.92 Å². The van der Waals surface area contributed by atoms with Crippen LogP contribution in [0.25, 0.3) is 11.3 Å². The molecule has 11 heteroatoms. The van der Waals surface area contributed by atoms with E-state index in [0.717, 1.165) is 5.56 Å². The highest BCUT2D eigenvalue weighted by Crippen LogP contribution is 2.39. The SMILES string of the molecule is CS(=O)(=O)N1CCC(C(=O)Nc2nc(-c3cc(Cl)sc3Cl)cs2)CC1. The number of thiophene rings is 1. The molecular weight excluding hydrogens is 425 g/mol. The zero-order valence-corrected chi connectivity index (χ0v) is 17.1. The number of piperidine rings is 1. The van der Waals surface area contributed by atoms with E-state index in [-0.39, 0.29) is 11.8 Å². The molecule has 1 aliphatic heterocycles. The molecule has 1 aliphatic rings. The van der Waals surface area contributed by atoms with Crippen LogP contribution in [0.4, 0.5) is 5.13 Å². The van der Waals surface area contributed by atoms with Crippen molar-refractivity contribution in [1.82, 2.24) is 9.29 Å². The Balaban J connectivity index is 1.62. The zero-order valence-electron chi connectivity index (χ0n) is 13.2. The van der Waals surface area contributed by atoms with Crippen LogP contribution >= 0.6 is 45.9 Å². The van der Waals surface area contributed by atoms with Gasteiger partial charge in [0, 0.05) is 30.0 Å². The van der Waals surface area contributed by atoms with E-state index in [2.05, 4.69) is 10.3 Å². The first kappa shape index (κ1) is 19.1. The maximum absolute atomic E-state index is 12.4. The van der Waals surface area contributed by atoms with Gasteiger partial charge in [-0.15, -0.1) is 22.7 Å². The van der Waals surface area contributed by atoms with E-state index in [4.69, 9.17) is 23.2 Å². The second-order valence-electron chi connectivity index (χ2n) is 5.70. The predicted octanol–water partition coefficient (Wildman–Crippen LogP) is 3.79. The van der Waals surface area contributed by atoms with E-state index < -0.39 is 10.0 Å². The quantitative estimate of drug-likeness (QED) is 0.785. The average Bonchev–Trinajstić information content (AvgIpc) is 3.12. The van der Waals surface area contributed by atoms with E-state index in [1.165, 1.54) is 33.2 Å². The van der Waals surface area contributed by atoms with Crippen molar-refractivity contribution < 1.29 is 13.2 Å². The van der Waals surface area contributed by atoms with Crippen molar-refractivity contribution in [3.8, 4) is 11.3 Å². The monoisotopic (exact) mass is 439 g/mol. The fourth-order valence-corrected chi connectivity index (χ4v) is 5.70. The molecule has 1 N–H and O–H groups in total. The van der Waals surface area contributed by atoms with Crippen LogP contribution in [-0.2, 0) is 14.8 Å². The summed E-state index contributed by atoms with van der Waals surface area (Å²) >= 11 is 14.6. The highest BCUT2D eigenvalue weighted by Gasteiger charge is 2.29. The third-order valence-corrected chi connectivity index (χ3v) is 7.51. The molecule has 25 heavy (non-hydrogen) atoms. The lowest BCUT2D eigenvalue weighted by molar-refractivity contribution is -0.120. The molecule has 1 amide bonds. The molecule has 3 heterocycles. The van der Waals surface area contributed by atoms with Crippen molar-refractivity contribution in [1.29, 1.82) is 0 Å². The van der Waals surface area contributed by atoms with Crippen LogP contribution in [0.1, 0.15) is 12.8 Å². The largest absolute Gasteiger partial charge is 0.302 e. The van der Waals surface area contributed by atoms with Crippen molar-refractivity contribution in [3.05, 3.63) is 20.1 Å². The van der Waals surface area contributed by atoms with Gasteiger partial charge in [-0.05, 0) is 18.9 Å². The van der Waals surface area contributed by atoms with Crippen LogP contribution < -0.4 is 5.32 Å². The number of rotatable bonds is 4. The molecule has 3 rings (SSSR count). The molecule has 0 radical (unpaired) electrons. The Kier molecular flexibility index (Phi) is 5.72. The summed E-state index contributed by atoms with van der Waals surface area (Å²) in [5.41, 5.74) is 1.41. The molecule has 0 bridgehead atoms. The molecule has 2 aromatic rings. The maximum Gasteiger partial charge on any atom is 0.229 e. The predicted molar refractivity (Wildman–Crippen MR) is 103 cm³/mol. The summed E-state index contributed by atoms with van der Waals surface area (Å²) in [6.45, 7) is 0.728. The van der Waals surface area contributed by atoms with E-state index in [1.54, 1.807) is 6.07 Å². The average molecular weight is 440 g/mol. The number of amides is 1. The van der Waals surface area contributed by atoms with Gasteiger partial charge in [0.2, 0.25) is 15.9 Å². The molecule has 0 saturated carbocycles. The van der Waals surface area contributed by atoms with E-state index in [9.17, 15) is 13.2 Å². The molecule has 0 spiro atoms. The van der Waals surface area contributed by atoms with Crippen LogP contribution in [0.3, 0.4) is 0 Å². The van der Waals surface area contributed by atoms with Crippen molar-refractivity contribution in [2.75, 3.05) is 24.7 Å². The van der Waals surface area contributed by atoms with Gasteiger partial charge in [0.15, 0.2) is 5.13 Å². The number of anilines is 1. The summed E-state index contributed by atoms with van der Waals surface area (Å²) in [6.07, 6.45) is 2.19. The van der Waals surface area contributed by atoms with Gasteiger partial charge in [-0.1, -0.05) is 23.2 Å². The van der Waals surface area contributed by atoms with Crippen molar-refractivity contribution in [3.63, 3.8) is 0 Å². The van der Waals surface area contributed by atoms with Crippen LogP contribution in [0.15, 0.2) is 11.4 Å². The molecule has 1 fully saturated rings. The minimum atomic E-state index is -3.19. The van der Waals surface area contributed by atoms with Crippen molar-refractivity contribution in [2.45, 2.75) is 12.8 Å². The number of nitrogens with zero attached hydrogens (tertiary/aromatic N) is 2. The number of hydrogen-bond donors (Lipinski definition) is 1. The van der Waals surface area contributed by atoms with Crippen LogP contribution in [-0.4, -0.2) is 43.0 Å². The number of halogens is 2. The summed E-state index contributed by atoms with van der Waals surface area (Å²) in [7, 11) is -3.19. The van der Waals surface area contributed by atoms with Crippen molar-refractivity contribution >= 4 is 66.9 Å². The number of sulfonamides is 1. The third kappa shape index (κ3) is 4.53. The fraction of sp³-hybridized carbons (Fsp3) is 0.429. The fourth-order valence-electron chi connectivity index (χ4n) is 2.63. The lowest BCUT2D eigenvalue weighted by atomic mass is 9.97. The summed E-state index contributed by atoms with van der Waals surface area (Å²) in [5.74, 6) is -0.354. The number of nitrogens with one attached hydrogen (secondary N) is 1. The normalized spacial score (nSPS) is 16.9. The summed E-state index contributed by atoms with van der Waals surface area (Å²) < 4.78 is 25.6. The topological polar surface area (TPSA) is 79.4 Å². The maximum atomic E-state index is 12.4. The van der Waals surface area contributed by atoms with Gasteiger partial charge in [-0.25, -0.2) is 17.7 Å². The molecular formula is C14H15Cl2N3O3S3. The first-order valence-electron chi connectivity index (χ1n) is 7.41. The van der Waals surface area contributed by atoms with E-state index in [1.807, 2.05) is 5.38 Å². The smallest absolute Gasteiger partial charge is 0.229 e. The first-order valence-corrected chi connectivity index (χ1v) is 11.7. The van der Waals surface area contributed by atoms with Gasteiger partial charge in [0.25, 0.3) is 0 Å². The van der Waals surface area contributed by atoms with Gasteiger partial charge in [0.05, 0.1) is 16.3 Å². The lowest BCUT2D eigenvalue weighted by Crippen LogP contribution is -2.40. The van der Waals surface area contributed by atoms with Crippen LogP contribution in [0.5, 0.6) is 0 Å². The Morgan fingerprint density at radius 2 is 2.04 bits per heavy atom. The lowest BCUT2D eigenvalue weighted by Gasteiger charge is -2.29. The highest BCUT2D eigenvalue weighted by atomic mass is 35.5. The van der Waals surface area contributed by atoms with Gasteiger partial charge in [-0.2, -0.15) is 0 Å². The Morgan fingerprint density at radius 1 is 1.36 bits per heavy atom. The molecule has 0 aromatic carbocycles. The molecule has 0 unspecified atom stereocenters. The second kappa shape index (κ2) is 7.50. The number of aromatic nitrogens is 1. The summed E-state index contributed by atoms with van der Waals surface area (Å²) in [6, 6.07) is 1.75.